The van der Waals surface area contributed by atoms with E-state index >= 15 is 0 Å². The third kappa shape index (κ3) is 3.29. The highest BCUT2D eigenvalue weighted by molar-refractivity contribution is 7.91. The maximum absolute atomic E-state index is 11.7. The van der Waals surface area contributed by atoms with Crippen LogP contribution in [0, 0.1) is 6.57 Å². The van der Waals surface area contributed by atoms with Crippen LogP contribution < -0.4 is 5.32 Å². The molecule has 0 unspecified atom stereocenters. The molecule has 1 fully saturated rings. The molecule has 0 aliphatic carbocycles. The Morgan fingerprint density at radius 2 is 1.93 bits per heavy atom. The number of nitrogens with zero attached hydrogens (tertiary/aromatic N) is 3. The average molecular weight is 380 g/mol. The third-order valence-electron chi connectivity index (χ3n) is 4.63. The molecule has 2 heterocycles. The van der Waals surface area contributed by atoms with Crippen LogP contribution in [0.5, 0.6) is 5.75 Å². The number of phenolic OH excluding ortho intramolecular Hbond substituents is 1. The van der Waals surface area contributed by atoms with Crippen molar-refractivity contribution in [3.05, 3.63) is 53.9 Å². The summed E-state index contributed by atoms with van der Waals surface area (Å²) < 4.78 is 23.4. The van der Waals surface area contributed by atoms with Crippen LogP contribution in [0.4, 0.5) is 11.5 Å². The summed E-state index contributed by atoms with van der Waals surface area (Å²) >= 11 is 0. The van der Waals surface area contributed by atoms with E-state index in [0.29, 0.717) is 29.2 Å². The molecular weight excluding hydrogens is 364 g/mol. The van der Waals surface area contributed by atoms with Crippen molar-refractivity contribution in [2.45, 2.75) is 12.5 Å². The van der Waals surface area contributed by atoms with Crippen molar-refractivity contribution >= 4 is 32.1 Å². The number of aromatic hydroxyl groups is 1. The summed E-state index contributed by atoms with van der Waals surface area (Å²) in [4.78, 5) is 3.31. The molecule has 0 bridgehead atoms. The summed E-state index contributed by atoms with van der Waals surface area (Å²) in [6.45, 7) is 7.04. The minimum Gasteiger partial charge on any atom is -0.509 e. The first-order valence-electron chi connectivity index (χ1n) is 8.40. The zero-order valence-electron chi connectivity index (χ0n) is 14.3. The molecule has 1 atom stereocenters. The van der Waals surface area contributed by atoms with Crippen LogP contribution in [0.25, 0.3) is 26.9 Å². The molecule has 1 aromatic heterocycles. The fraction of sp³-hybridized carbons (Fsp3) is 0.211. The van der Waals surface area contributed by atoms with Crippen molar-refractivity contribution in [2.75, 3.05) is 16.8 Å². The van der Waals surface area contributed by atoms with Crippen LogP contribution in [-0.2, 0) is 9.84 Å². The lowest BCUT2D eigenvalue weighted by Crippen LogP contribution is -2.21. The summed E-state index contributed by atoms with van der Waals surface area (Å²) in [6.07, 6.45) is 0.541. The highest BCUT2D eigenvalue weighted by atomic mass is 32.2. The van der Waals surface area contributed by atoms with Gasteiger partial charge in [-0.2, -0.15) is 0 Å². The van der Waals surface area contributed by atoms with Gasteiger partial charge in [0.15, 0.2) is 21.3 Å². The Kier molecular flexibility index (Phi) is 4.16. The molecule has 2 aromatic carbocycles. The smallest absolute Gasteiger partial charge is 0.190 e. The van der Waals surface area contributed by atoms with E-state index in [4.69, 9.17) is 6.57 Å². The minimum absolute atomic E-state index is 0.0365. The lowest BCUT2D eigenvalue weighted by atomic mass is 10.0. The van der Waals surface area contributed by atoms with Gasteiger partial charge in [0.25, 0.3) is 0 Å². The van der Waals surface area contributed by atoms with Crippen LogP contribution in [0.15, 0.2) is 42.5 Å². The highest BCUT2D eigenvalue weighted by Crippen LogP contribution is 2.36. The summed E-state index contributed by atoms with van der Waals surface area (Å²) in [5.41, 5.74) is 1.33. The topological polar surface area (TPSA) is 96.5 Å². The lowest BCUT2D eigenvalue weighted by Gasteiger charge is -2.15. The molecule has 0 amide bonds. The molecule has 1 aliphatic heterocycles. The first kappa shape index (κ1) is 17.2. The molecule has 27 heavy (non-hydrogen) atoms. The molecule has 0 radical (unpaired) electrons. The number of benzene rings is 2. The quantitative estimate of drug-likeness (QED) is 0.678. The van der Waals surface area contributed by atoms with E-state index < -0.39 is 9.84 Å². The molecule has 1 aliphatic rings. The van der Waals surface area contributed by atoms with E-state index in [0.717, 1.165) is 10.8 Å². The predicted molar refractivity (Wildman–Crippen MR) is 104 cm³/mol. The maximum Gasteiger partial charge on any atom is 0.190 e. The van der Waals surface area contributed by atoms with Gasteiger partial charge in [-0.1, -0.05) is 36.4 Å². The van der Waals surface area contributed by atoms with Crippen LogP contribution in [0.3, 0.4) is 0 Å². The molecule has 3 aromatic rings. The van der Waals surface area contributed by atoms with Crippen LogP contribution in [-0.4, -0.2) is 41.3 Å². The predicted octanol–water partition coefficient (Wildman–Crippen LogP) is 3.15. The molecule has 0 saturated carbocycles. The van der Waals surface area contributed by atoms with E-state index in [-0.39, 0.29) is 23.3 Å². The summed E-state index contributed by atoms with van der Waals surface area (Å²) in [7, 11) is -3.00. The van der Waals surface area contributed by atoms with Crippen LogP contribution in [0.2, 0.25) is 0 Å². The monoisotopic (exact) mass is 380 g/mol. The molecule has 2 N–H and O–H groups in total. The zero-order valence-corrected chi connectivity index (χ0v) is 15.1. The zero-order chi connectivity index (χ0) is 19.0. The summed E-state index contributed by atoms with van der Waals surface area (Å²) in [5.74, 6) is 0.748. The first-order valence-corrected chi connectivity index (χ1v) is 10.2. The number of anilines is 1. The molecular formula is C19H16N4O3S. The van der Waals surface area contributed by atoms with Gasteiger partial charge in [-0.15, -0.1) is 10.2 Å². The van der Waals surface area contributed by atoms with Crippen molar-refractivity contribution < 1.29 is 13.5 Å². The molecule has 1 saturated heterocycles. The number of phenols is 1. The van der Waals surface area contributed by atoms with Gasteiger partial charge >= 0.3 is 0 Å². The van der Waals surface area contributed by atoms with Gasteiger partial charge in [0.1, 0.15) is 11.4 Å². The average Bonchev–Trinajstić information content (AvgIpc) is 3.01. The number of sulfone groups is 1. The first-order chi connectivity index (χ1) is 13.0. The molecule has 8 heteroatoms. The second-order valence-corrected chi connectivity index (χ2v) is 8.73. The molecule has 0 spiro atoms. The lowest BCUT2D eigenvalue weighted by molar-refractivity contribution is 0.477. The molecule has 7 nitrogen and oxygen atoms in total. The van der Waals surface area contributed by atoms with Gasteiger partial charge in [0.2, 0.25) is 0 Å². The van der Waals surface area contributed by atoms with E-state index in [1.54, 1.807) is 12.1 Å². The van der Waals surface area contributed by atoms with Gasteiger partial charge in [0, 0.05) is 22.4 Å². The maximum atomic E-state index is 11.7. The Hall–Kier alpha value is -3.18. The Balaban J connectivity index is 1.78. The number of nitrogens with one attached hydrogen (secondary N) is 1. The van der Waals surface area contributed by atoms with E-state index in [1.807, 2.05) is 24.3 Å². The Labute approximate surface area is 156 Å². The van der Waals surface area contributed by atoms with Crippen molar-refractivity contribution in [3.63, 3.8) is 0 Å². The Morgan fingerprint density at radius 3 is 2.59 bits per heavy atom. The number of rotatable bonds is 3. The molecule has 136 valence electrons. The van der Waals surface area contributed by atoms with Crippen molar-refractivity contribution in [3.8, 4) is 17.0 Å². The summed E-state index contributed by atoms with van der Waals surface area (Å²) in [5, 5.41) is 23.6. The van der Waals surface area contributed by atoms with E-state index in [2.05, 4.69) is 20.4 Å². The Morgan fingerprint density at radius 1 is 1.15 bits per heavy atom. The Bertz CT molecular complexity index is 1190. The van der Waals surface area contributed by atoms with E-state index in [1.165, 1.54) is 6.07 Å². The van der Waals surface area contributed by atoms with Crippen molar-refractivity contribution in [2.24, 2.45) is 0 Å². The van der Waals surface area contributed by atoms with Crippen molar-refractivity contribution in [1.82, 2.24) is 10.2 Å². The SMILES string of the molecule is [C-]#[N+]c1ccc(-c2nnc(N[C@@H]3CCS(=O)(=O)C3)c3ccccc23)c(O)c1. The van der Waals surface area contributed by atoms with Crippen LogP contribution >= 0.6 is 0 Å². The van der Waals surface area contributed by atoms with Crippen molar-refractivity contribution in [1.29, 1.82) is 0 Å². The minimum atomic E-state index is -3.00. The second-order valence-electron chi connectivity index (χ2n) is 6.50. The fourth-order valence-electron chi connectivity index (χ4n) is 3.30. The normalized spacial score (nSPS) is 18.3. The number of hydrogen-bond donors (Lipinski definition) is 2. The molecule has 4 rings (SSSR count). The number of fused-ring (bicyclic) bond motifs is 1. The van der Waals surface area contributed by atoms with E-state index in [9.17, 15) is 13.5 Å². The number of hydrogen-bond acceptors (Lipinski definition) is 6. The summed E-state index contributed by atoms with van der Waals surface area (Å²) in [6, 6.07) is 12.0. The number of aromatic nitrogens is 2. The largest absolute Gasteiger partial charge is 0.509 e. The van der Waals surface area contributed by atoms with Gasteiger partial charge in [0.05, 0.1) is 18.1 Å². The van der Waals surface area contributed by atoms with Gasteiger partial charge < -0.3 is 10.4 Å². The van der Waals surface area contributed by atoms with Gasteiger partial charge in [-0.05, 0) is 12.5 Å². The van der Waals surface area contributed by atoms with Crippen LogP contribution in [0.1, 0.15) is 6.42 Å². The fourth-order valence-corrected chi connectivity index (χ4v) is 4.97. The second kappa shape index (κ2) is 6.52. The third-order valence-corrected chi connectivity index (χ3v) is 6.39. The van der Waals surface area contributed by atoms with Gasteiger partial charge in [-0.3, -0.25) is 0 Å². The standard InChI is InChI=1S/C19H16N4O3S/c1-20-12-6-7-16(17(24)10-12)18-14-4-2-3-5-15(14)19(23-22-18)21-13-8-9-27(25,26)11-13/h2-7,10,13,24H,8-9,11H2,(H,21,23)/t13-/m1/s1. The van der Waals surface area contributed by atoms with Gasteiger partial charge in [-0.25, -0.2) is 13.3 Å². The highest BCUT2D eigenvalue weighted by Gasteiger charge is 2.28.